The van der Waals surface area contributed by atoms with Gasteiger partial charge in [-0.05, 0) is 18.2 Å². The highest BCUT2D eigenvalue weighted by Gasteiger charge is 2.11. The lowest BCUT2D eigenvalue weighted by Crippen LogP contribution is -2.10. The van der Waals surface area contributed by atoms with Crippen LogP contribution >= 0.6 is 0 Å². The van der Waals surface area contributed by atoms with Gasteiger partial charge in [0, 0.05) is 18.5 Å². The van der Waals surface area contributed by atoms with E-state index in [-0.39, 0.29) is 0 Å². The summed E-state index contributed by atoms with van der Waals surface area (Å²) in [5.41, 5.74) is 7.19. The summed E-state index contributed by atoms with van der Waals surface area (Å²) in [4.78, 5) is 10.6. The van der Waals surface area contributed by atoms with Crippen molar-refractivity contribution in [3.05, 3.63) is 36.7 Å². The maximum atomic E-state index is 10.6. The number of benzene rings is 1. The number of carboxylic acid groups (broad SMARTS) is 1. The number of nitrogens with two attached hydrogens (primary N) is 1. The monoisotopic (exact) mass is 247 g/mol. The molecular formula is C12H13N3O3. The number of hydrogen-bond acceptors (Lipinski definition) is 3. The SMILES string of the molecule is COc1cc(NC(=O)O)c(N)cc1-n1cccc1. The highest BCUT2D eigenvalue weighted by atomic mass is 16.5. The smallest absolute Gasteiger partial charge is 0.409 e. The molecule has 1 aromatic carbocycles. The molecule has 0 aliphatic carbocycles. The van der Waals surface area contributed by atoms with E-state index in [0.29, 0.717) is 17.1 Å². The molecule has 94 valence electrons. The number of anilines is 2. The van der Waals surface area contributed by atoms with E-state index in [1.54, 1.807) is 12.1 Å². The molecule has 0 saturated heterocycles. The molecule has 4 N–H and O–H groups in total. The Labute approximate surface area is 104 Å². The van der Waals surface area contributed by atoms with Crippen molar-refractivity contribution in [1.82, 2.24) is 4.57 Å². The number of aromatic nitrogens is 1. The Morgan fingerprint density at radius 2 is 2.06 bits per heavy atom. The second-order valence-electron chi connectivity index (χ2n) is 3.63. The van der Waals surface area contributed by atoms with E-state index in [9.17, 15) is 4.79 Å². The van der Waals surface area contributed by atoms with Crippen LogP contribution in [0.1, 0.15) is 0 Å². The molecule has 6 heteroatoms. The molecule has 0 aliphatic heterocycles. The first kappa shape index (κ1) is 11.8. The number of hydrogen-bond donors (Lipinski definition) is 3. The van der Waals surface area contributed by atoms with Gasteiger partial charge in [-0.15, -0.1) is 0 Å². The Morgan fingerprint density at radius 3 is 2.61 bits per heavy atom. The van der Waals surface area contributed by atoms with Gasteiger partial charge in [-0.1, -0.05) is 0 Å². The summed E-state index contributed by atoms with van der Waals surface area (Å²) in [5.74, 6) is 0.532. The van der Waals surface area contributed by atoms with Crippen LogP contribution < -0.4 is 15.8 Å². The molecule has 0 bridgehead atoms. The van der Waals surface area contributed by atoms with Gasteiger partial charge in [0.15, 0.2) is 0 Å². The normalized spacial score (nSPS) is 10.1. The van der Waals surface area contributed by atoms with Crippen LogP contribution in [0, 0.1) is 0 Å². The van der Waals surface area contributed by atoms with Gasteiger partial charge in [0.25, 0.3) is 0 Å². The topological polar surface area (TPSA) is 89.5 Å². The van der Waals surface area contributed by atoms with Crippen LogP contribution in [0.25, 0.3) is 5.69 Å². The molecule has 6 nitrogen and oxygen atoms in total. The fraction of sp³-hybridized carbons (Fsp3) is 0.0833. The summed E-state index contributed by atoms with van der Waals surface area (Å²) >= 11 is 0. The molecule has 1 aromatic heterocycles. The molecule has 0 saturated carbocycles. The average molecular weight is 247 g/mol. The first-order valence-electron chi connectivity index (χ1n) is 5.22. The highest BCUT2D eigenvalue weighted by molar-refractivity contribution is 5.89. The lowest BCUT2D eigenvalue weighted by atomic mass is 10.2. The van der Waals surface area contributed by atoms with Crippen LogP contribution in [0.2, 0.25) is 0 Å². The molecule has 1 amide bonds. The van der Waals surface area contributed by atoms with Crippen LogP contribution in [-0.4, -0.2) is 22.9 Å². The molecule has 0 radical (unpaired) electrons. The van der Waals surface area contributed by atoms with Crippen molar-refractivity contribution >= 4 is 17.5 Å². The minimum Gasteiger partial charge on any atom is -0.494 e. The van der Waals surface area contributed by atoms with Crippen molar-refractivity contribution in [2.24, 2.45) is 0 Å². The Bertz CT molecular complexity index is 564. The fourth-order valence-electron chi connectivity index (χ4n) is 1.67. The van der Waals surface area contributed by atoms with E-state index < -0.39 is 6.09 Å². The number of rotatable bonds is 3. The van der Waals surface area contributed by atoms with Gasteiger partial charge >= 0.3 is 6.09 Å². The third-order valence-electron chi connectivity index (χ3n) is 2.48. The van der Waals surface area contributed by atoms with Gasteiger partial charge in [0.1, 0.15) is 5.75 Å². The van der Waals surface area contributed by atoms with Crippen LogP contribution in [0.5, 0.6) is 5.75 Å². The van der Waals surface area contributed by atoms with Crippen molar-refractivity contribution in [3.8, 4) is 11.4 Å². The summed E-state index contributed by atoms with van der Waals surface area (Å²) in [5, 5.41) is 10.9. The summed E-state index contributed by atoms with van der Waals surface area (Å²) < 4.78 is 7.07. The minimum absolute atomic E-state index is 0.301. The lowest BCUT2D eigenvalue weighted by Gasteiger charge is -2.13. The van der Waals surface area contributed by atoms with Crippen molar-refractivity contribution < 1.29 is 14.6 Å². The number of ether oxygens (including phenoxy) is 1. The zero-order valence-electron chi connectivity index (χ0n) is 9.75. The van der Waals surface area contributed by atoms with E-state index >= 15 is 0 Å². The maximum absolute atomic E-state index is 10.6. The summed E-state index contributed by atoms with van der Waals surface area (Å²) in [7, 11) is 1.52. The van der Waals surface area contributed by atoms with Crippen LogP contribution in [-0.2, 0) is 0 Å². The second kappa shape index (κ2) is 4.70. The molecule has 0 fully saturated rings. The minimum atomic E-state index is -1.17. The molecule has 0 atom stereocenters. The number of nitrogen functional groups attached to an aromatic ring is 1. The first-order chi connectivity index (χ1) is 8.61. The Hall–Kier alpha value is -2.63. The molecule has 0 aliphatic rings. The molecule has 0 spiro atoms. The van der Waals surface area contributed by atoms with Gasteiger partial charge in [0.05, 0.1) is 24.2 Å². The van der Waals surface area contributed by atoms with Crippen molar-refractivity contribution in [2.75, 3.05) is 18.2 Å². The van der Waals surface area contributed by atoms with E-state index in [4.69, 9.17) is 15.6 Å². The largest absolute Gasteiger partial charge is 0.494 e. The predicted molar refractivity (Wildman–Crippen MR) is 68.4 cm³/mol. The van der Waals surface area contributed by atoms with Gasteiger partial charge < -0.3 is 20.1 Å². The maximum Gasteiger partial charge on any atom is 0.409 e. The quantitative estimate of drug-likeness (QED) is 0.725. The van der Waals surface area contributed by atoms with Gasteiger partial charge in [0.2, 0.25) is 0 Å². The Kier molecular flexibility index (Phi) is 3.09. The van der Waals surface area contributed by atoms with Gasteiger partial charge in [-0.2, -0.15) is 0 Å². The third kappa shape index (κ3) is 2.22. The zero-order valence-corrected chi connectivity index (χ0v) is 9.75. The number of nitrogens with zero attached hydrogens (tertiary/aromatic N) is 1. The number of carbonyl (C=O) groups is 1. The molecule has 1 heterocycles. The van der Waals surface area contributed by atoms with Gasteiger partial charge in [-0.3, -0.25) is 5.32 Å². The third-order valence-corrected chi connectivity index (χ3v) is 2.48. The lowest BCUT2D eigenvalue weighted by molar-refractivity contribution is 0.210. The van der Waals surface area contributed by atoms with Crippen molar-refractivity contribution in [1.29, 1.82) is 0 Å². The van der Waals surface area contributed by atoms with Crippen LogP contribution in [0.3, 0.4) is 0 Å². The standard InChI is InChI=1S/C12H13N3O3/c1-18-11-7-9(14-12(16)17)8(13)6-10(11)15-4-2-3-5-15/h2-7,14H,13H2,1H3,(H,16,17). The van der Waals surface area contributed by atoms with Gasteiger partial charge in [-0.25, -0.2) is 4.79 Å². The average Bonchev–Trinajstić information content (AvgIpc) is 2.84. The summed E-state index contributed by atoms with van der Waals surface area (Å²) in [6, 6.07) is 6.96. The number of nitrogens with one attached hydrogen (secondary N) is 1. The number of methoxy groups -OCH3 is 1. The number of amides is 1. The first-order valence-corrected chi connectivity index (χ1v) is 5.22. The second-order valence-corrected chi connectivity index (χ2v) is 3.63. The van der Waals surface area contributed by atoms with Crippen LogP contribution in [0.4, 0.5) is 16.2 Å². The molecule has 0 unspecified atom stereocenters. The fourth-order valence-corrected chi connectivity index (χ4v) is 1.67. The van der Waals surface area contributed by atoms with Crippen molar-refractivity contribution in [3.63, 3.8) is 0 Å². The summed E-state index contributed by atoms with van der Waals surface area (Å²) in [6.45, 7) is 0. The van der Waals surface area contributed by atoms with Crippen molar-refractivity contribution in [2.45, 2.75) is 0 Å². The highest BCUT2D eigenvalue weighted by Crippen LogP contribution is 2.31. The molecule has 2 rings (SSSR count). The van der Waals surface area contributed by atoms with E-state index in [2.05, 4.69) is 5.32 Å². The molecule has 18 heavy (non-hydrogen) atoms. The summed E-state index contributed by atoms with van der Waals surface area (Å²) in [6.07, 6.45) is 2.53. The van der Waals surface area contributed by atoms with E-state index in [1.165, 1.54) is 7.11 Å². The Morgan fingerprint density at radius 1 is 1.39 bits per heavy atom. The van der Waals surface area contributed by atoms with E-state index in [1.807, 2.05) is 29.1 Å². The predicted octanol–water partition coefficient (Wildman–Crippen LogP) is 2.16. The Balaban J connectivity index is 2.50. The van der Waals surface area contributed by atoms with Crippen LogP contribution in [0.15, 0.2) is 36.7 Å². The zero-order chi connectivity index (χ0) is 13.1. The van der Waals surface area contributed by atoms with E-state index in [0.717, 1.165) is 5.69 Å². The molecular weight excluding hydrogens is 234 g/mol. The molecule has 2 aromatic rings.